The smallest absolute Gasteiger partial charge is 0.203 e. The summed E-state index contributed by atoms with van der Waals surface area (Å²) >= 11 is 0. The van der Waals surface area contributed by atoms with E-state index in [4.69, 9.17) is 18.9 Å². The van der Waals surface area contributed by atoms with Gasteiger partial charge in [-0.1, -0.05) is 0 Å². The molecule has 0 amide bonds. The molecule has 0 unspecified atom stereocenters. The Morgan fingerprint density at radius 1 is 1.25 bits per heavy atom. The maximum Gasteiger partial charge on any atom is 0.203 e. The minimum Gasteiger partial charge on any atom is -0.493 e. The maximum absolute atomic E-state index is 5.61. The van der Waals surface area contributed by atoms with Gasteiger partial charge in [-0.15, -0.1) is 0 Å². The summed E-state index contributed by atoms with van der Waals surface area (Å²) in [6.07, 6.45) is 0.270. The monoisotopic (exact) mass is 281 g/mol. The fourth-order valence-electron chi connectivity index (χ4n) is 2.03. The van der Waals surface area contributed by atoms with Crippen molar-refractivity contribution in [1.82, 2.24) is 5.32 Å². The second-order valence-corrected chi connectivity index (χ2v) is 4.92. The number of rotatable bonds is 7. The number of nitrogens with one attached hydrogen (secondary N) is 1. The van der Waals surface area contributed by atoms with Crippen molar-refractivity contribution in [3.63, 3.8) is 0 Å². The van der Waals surface area contributed by atoms with Crippen LogP contribution in [-0.2, 0) is 11.3 Å². The third kappa shape index (κ3) is 4.02. The molecular formula is C15H23NO4. The Kier molecular flexibility index (Phi) is 5.49. The van der Waals surface area contributed by atoms with Crippen LogP contribution in [0, 0.1) is 0 Å². The third-order valence-corrected chi connectivity index (χ3v) is 2.95. The molecule has 1 aliphatic heterocycles. The van der Waals surface area contributed by atoms with Crippen LogP contribution in [0.3, 0.4) is 0 Å². The highest BCUT2D eigenvalue weighted by Crippen LogP contribution is 2.40. The van der Waals surface area contributed by atoms with Crippen LogP contribution >= 0.6 is 0 Å². The molecule has 0 fully saturated rings. The Labute approximate surface area is 120 Å². The first-order valence-corrected chi connectivity index (χ1v) is 6.99. The van der Waals surface area contributed by atoms with Crippen LogP contribution in [0.1, 0.15) is 19.4 Å². The van der Waals surface area contributed by atoms with Gasteiger partial charge in [0.05, 0.1) is 19.8 Å². The Balaban J connectivity index is 1.91. The van der Waals surface area contributed by atoms with Gasteiger partial charge in [0.15, 0.2) is 11.5 Å². The van der Waals surface area contributed by atoms with Crippen LogP contribution in [0.4, 0.5) is 0 Å². The highest BCUT2D eigenvalue weighted by Gasteiger charge is 2.18. The Morgan fingerprint density at radius 3 is 2.80 bits per heavy atom. The molecule has 1 aromatic rings. The number of fused-ring (bicyclic) bond motifs is 1. The molecule has 20 heavy (non-hydrogen) atoms. The fraction of sp³-hybridized carbons (Fsp3) is 0.600. The lowest BCUT2D eigenvalue weighted by Gasteiger charge is -2.21. The van der Waals surface area contributed by atoms with Crippen molar-refractivity contribution in [3.8, 4) is 17.2 Å². The van der Waals surface area contributed by atoms with E-state index in [0.29, 0.717) is 25.6 Å². The molecule has 0 aromatic heterocycles. The highest BCUT2D eigenvalue weighted by molar-refractivity contribution is 5.54. The lowest BCUT2D eigenvalue weighted by Crippen LogP contribution is -2.21. The molecule has 1 aromatic carbocycles. The summed E-state index contributed by atoms with van der Waals surface area (Å²) in [7, 11) is 1.64. The lowest BCUT2D eigenvalue weighted by molar-refractivity contribution is 0.0807. The van der Waals surface area contributed by atoms with Gasteiger partial charge in [0.1, 0.15) is 13.2 Å². The van der Waals surface area contributed by atoms with Gasteiger partial charge in [-0.25, -0.2) is 0 Å². The summed E-state index contributed by atoms with van der Waals surface area (Å²) in [6, 6.07) is 3.97. The zero-order valence-electron chi connectivity index (χ0n) is 12.4. The number of methoxy groups -OCH3 is 1. The van der Waals surface area contributed by atoms with E-state index >= 15 is 0 Å². The molecule has 0 saturated carbocycles. The van der Waals surface area contributed by atoms with E-state index in [0.717, 1.165) is 30.2 Å². The van der Waals surface area contributed by atoms with Gasteiger partial charge in [0.25, 0.3) is 0 Å². The largest absolute Gasteiger partial charge is 0.493 e. The normalized spacial score (nSPS) is 13.6. The van der Waals surface area contributed by atoms with Crippen LogP contribution in [0.5, 0.6) is 17.2 Å². The molecule has 112 valence electrons. The van der Waals surface area contributed by atoms with Gasteiger partial charge in [0.2, 0.25) is 5.75 Å². The molecule has 5 heteroatoms. The fourth-order valence-corrected chi connectivity index (χ4v) is 2.03. The zero-order valence-corrected chi connectivity index (χ0v) is 12.4. The average Bonchev–Trinajstić information content (AvgIpc) is 2.45. The van der Waals surface area contributed by atoms with E-state index in [1.54, 1.807) is 7.11 Å². The van der Waals surface area contributed by atoms with Crippen molar-refractivity contribution < 1.29 is 18.9 Å². The first-order chi connectivity index (χ1) is 9.70. The maximum atomic E-state index is 5.61. The van der Waals surface area contributed by atoms with Gasteiger partial charge >= 0.3 is 0 Å². The van der Waals surface area contributed by atoms with E-state index in [-0.39, 0.29) is 6.10 Å². The number of ether oxygens (including phenoxy) is 4. The summed E-state index contributed by atoms with van der Waals surface area (Å²) in [5.74, 6) is 2.17. The zero-order chi connectivity index (χ0) is 14.4. The predicted molar refractivity (Wildman–Crippen MR) is 76.8 cm³/mol. The molecule has 0 saturated heterocycles. The van der Waals surface area contributed by atoms with Crippen molar-refractivity contribution in [1.29, 1.82) is 0 Å². The van der Waals surface area contributed by atoms with Crippen LogP contribution in [-0.4, -0.2) is 39.6 Å². The molecule has 2 rings (SSSR count). The molecule has 0 radical (unpaired) electrons. The summed E-state index contributed by atoms with van der Waals surface area (Å²) in [5.41, 5.74) is 1.11. The quantitative estimate of drug-likeness (QED) is 0.774. The van der Waals surface area contributed by atoms with Gasteiger partial charge < -0.3 is 24.3 Å². The summed E-state index contributed by atoms with van der Waals surface area (Å²) < 4.78 is 22.0. The van der Waals surface area contributed by atoms with Crippen molar-refractivity contribution in [2.45, 2.75) is 26.5 Å². The van der Waals surface area contributed by atoms with E-state index in [2.05, 4.69) is 5.32 Å². The molecule has 0 aliphatic carbocycles. The first kappa shape index (κ1) is 14.9. The molecule has 1 heterocycles. The predicted octanol–water partition coefficient (Wildman–Crippen LogP) is 1.98. The van der Waals surface area contributed by atoms with Crippen molar-refractivity contribution in [3.05, 3.63) is 17.7 Å². The SMILES string of the molecule is COc1cc(CNCCOC(C)C)cc2c1OCCO2. The lowest BCUT2D eigenvalue weighted by atomic mass is 10.1. The van der Waals surface area contributed by atoms with E-state index in [1.165, 1.54) is 0 Å². The molecule has 0 atom stereocenters. The molecule has 1 aliphatic rings. The van der Waals surface area contributed by atoms with Gasteiger partial charge in [-0.05, 0) is 31.5 Å². The minimum atomic E-state index is 0.270. The third-order valence-electron chi connectivity index (χ3n) is 2.95. The molecule has 0 bridgehead atoms. The van der Waals surface area contributed by atoms with Gasteiger partial charge in [-0.2, -0.15) is 0 Å². The van der Waals surface area contributed by atoms with Crippen molar-refractivity contribution in [2.75, 3.05) is 33.5 Å². The molecular weight excluding hydrogens is 258 g/mol. The summed E-state index contributed by atoms with van der Waals surface area (Å²) in [4.78, 5) is 0. The Bertz CT molecular complexity index is 417. The Morgan fingerprint density at radius 2 is 2.05 bits per heavy atom. The van der Waals surface area contributed by atoms with Crippen molar-refractivity contribution >= 4 is 0 Å². The van der Waals surface area contributed by atoms with Gasteiger partial charge in [0, 0.05) is 13.1 Å². The van der Waals surface area contributed by atoms with Crippen molar-refractivity contribution in [2.24, 2.45) is 0 Å². The summed E-state index contributed by atoms with van der Waals surface area (Å²) in [6.45, 7) is 7.48. The number of benzene rings is 1. The topological polar surface area (TPSA) is 49.0 Å². The Hall–Kier alpha value is -1.46. The van der Waals surface area contributed by atoms with Gasteiger partial charge in [-0.3, -0.25) is 0 Å². The second kappa shape index (κ2) is 7.36. The van der Waals surface area contributed by atoms with E-state index < -0.39 is 0 Å². The van der Waals surface area contributed by atoms with E-state index in [9.17, 15) is 0 Å². The van der Waals surface area contributed by atoms with E-state index in [1.807, 2.05) is 26.0 Å². The van der Waals surface area contributed by atoms with Crippen LogP contribution in [0.2, 0.25) is 0 Å². The van der Waals surface area contributed by atoms with Crippen LogP contribution in [0.15, 0.2) is 12.1 Å². The van der Waals surface area contributed by atoms with Crippen LogP contribution in [0.25, 0.3) is 0 Å². The average molecular weight is 281 g/mol. The number of hydrogen-bond donors (Lipinski definition) is 1. The standard InChI is InChI=1S/C15H23NO4/c1-11(2)18-5-4-16-10-12-8-13(17-3)15-14(9-12)19-6-7-20-15/h8-9,11,16H,4-7,10H2,1-3H3. The molecule has 0 spiro atoms. The second-order valence-electron chi connectivity index (χ2n) is 4.92. The minimum absolute atomic E-state index is 0.270. The first-order valence-electron chi connectivity index (χ1n) is 6.99. The highest BCUT2D eigenvalue weighted by atomic mass is 16.6. The van der Waals surface area contributed by atoms with Crippen LogP contribution < -0.4 is 19.5 Å². The number of hydrogen-bond acceptors (Lipinski definition) is 5. The summed E-state index contributed by atoms with van der Waals surface area (Å²) in [5, 5.41) is 3.34. The molecule has 5 nitrogen and oxygen atoms in total. The molecule has 1 N–H and O–H groups in total.